The van der Waals surface area contributed by atoms with E-state index in [9.17, 15) is 4.79 Å². The summed E-state index contributed by atoms with van der Waals surface area (Å²) in [5, 5.41) is 3.80. The van der Waals surface area contributed by atoms with E-state index in [0.717, 1.165) is 41.4 Å². The molecule has 4 aliphatic rings. The number of rotatable bonds is 6. The third-order valence-electron chi connectivity index (χ3n) is 7.84. The van der Waals surface area contributed by atoms with Crippen molar-refractivity contribution in [3.05, 3.63) is 47.7 Å². The Morgan fingerprint density at radius 2 is 1.69 bits per heavy atom. The van der Waals surface area contributed by atoms with Crippen LogP contribution >= 0.6 is 0 Å². The predicted molar refractivity (Wildman–Crippen MR) is 112 cm³/mol. The molecule has 1 atom stereocenters. The Kier molecular flexibility index (Phi) is 4.78. The van der Waals surface area contributed by atoms with Crippen molar-refractivity contribution in [1.82, 2.24) is 5.32 Å². The van der Waals surface area contributed by atoms with Crippen molar-refractivity contribution in [2.24, 2.45) is 23.2 Å². The highest BCUT2D eigenvalue weighted by Gasteiger charge is 2.52. The Hall–Kier alpha value is -2.07. The summed E-state index contributed by atoms with van der Waals surface area (Å²) in [5.41, 5.74) is 2.03. The van der Waals surface area contributed by atoms with Crippen molar-refractivity contribution >= 4 is 5.97 Å². The van der Waals surface area contributed by atoms with Crippen LogP contribution in [0.4, 0.5) is 0 Å². The van der Waals surface area contributed by atoms with Crippen molar-refractivity contribution in [1.29, 1.82) is 0 Å². The molecule has 1 aromatic heterocycles. The number of hydrogen-bond acceptors (Lipinski definition) is 4. The van der Waals surface area contributed by atoms with Crippen LogP contribution < -0.4 is 5.32 Å². The molecule has 0 radical (unpaired) electrons. The van der Waals surface area contributed by atoms with E-state index in [-0.39, 0.29) is 5.97 Å². The van der Waals surface area contributed by atoms with Crippen LogP contribution in [0.15, 0.2) is 40.8 Å². The highest BCUT2D eigenvalue weighted by Crippen LogP contribution is 2.61. The lowest BCUT2D eigenvalue weighted by atomic mass is 9.48. The molecular formula is C25H31NO3. The summed E-state index contributed by atoms with van der Waals surface area (Å²) in [5.74, 6) is 4.42. The largest absolute Gasteiger partial charge is 0.465 e. The molecule has 29 heavy (non-hydrogen) atoms. The van der Waals surface area contributed by atoms with E-state index in [1.165, 1.54) is 45.6 Å². The zero-order valence-corrected chi connectivity index (χ0v) is 17.4. The number of furan rings is 1. The maximum atomic E-state index is 11.6. The van der Waals surface area contributed by atoms with Gasteiger partial charge in [0.05, 0.1) is 19.2 Å². The normalized spacial score (nSPS) is 31.0. The molecule has 4 aliphatic carbocycles. The van der Waals surface area contributed by atoms with Crippen molar-refractivity contribution in [3.63, 3.8) is 0 Å². The zero-order valence-electron chi connectivity index (χ0n) is 17.4. The molecule has 0 saturated heterocycles. The molecule has 4 saturated carbocycles. The molecule has 2 aromatic rings. The van der Waals surface area contributed by atoms with E-state index in [1.807, 2.05) is 18.2 Å². The molecule has 4 fully saturated rings. The molecule has 0 amide bonds. The molecule has 4 heteroatoms. The summed E-state index contributed by atoms with van der Waals surface area (Å²) >= 11 is 0. The van der Waals surface area contributed by atoms with Gasteiger partial charge in [-0.25, -0.2) is 4.79 Å². The summed E-state index contributed by atoms with van der Waals surface area (Å²) in [6.07, 6.45) is 8.72. The molecule has 4 nitrogen and oxygen atoms in total. The molecule has 0 unspecified atom stereocenters. The van der Waals surface area contributed by atoms with E-state index < -0.39 is 0 Å². The molecule has 1 N–H and O–H groups in total. The summed E-state index contributed by atoms with van der Waals surface area (Å²) in [7, 11) is 1.40. The van der Waals surface area contributed by atoms with Crippen LogP contribution in [-0.2, 0) is 11.3 Å². The minimum atomic E-state index is -0.320. The van der Waals surface area contributed by atoms with Gasteiger partial charge in [-0.3, -0.25) is 0 Å². The Morgan fingerprint density at radius 1 is 1.07 bits per heavy atom. The van der Waals surface area contributed by atoms with Crippen molar-refractivity contribution in [2.75, 3.05) is 7.11 Å². The Morgan fingerprint density at radius 3 is 2.28 bits per heavy atom. The van der Waals surface area contributed by atoms with Crippen LogP contribution in [-0.4, -0.2) is 19.1 Å². The van der Waals surface area contributed by atoms with Crippen LogP contribution in [0.25, 0.3) is 11.3 Å². The van der Waals surface area contributed by atoms with Gasteiger partial charge in [-0.15, -0.1) is 0 Å². The first-order chi connectivity index (χ1) is 14.0. The zero-order chi connectivity index (χ0) is 20.0. The second-order valence-electron chi connectivity index (χ2n) is 9.72. The van der Waals surface area contributed by atoms with E-state index in [4.69, 9.17) is 9.15 Å². The monoisotopic (exact) mass is 393 g/mol. The Balaban J connectivity index is 1.22. The van der Waals surface area contributed by atoms with Crippen molar-refractivity contribution in [3.8, 4) is 11.3 Å². The molecule has 1 aromatic carbocycles. The molecule has 0 spiro atoms. The topological polar surface area (TPSA) is 51.5 Å². The molecule has 0 aliphatic heterocycles. The number of esters is 1. The predicted octanol–water partition coefficient (Wildman–Crippen LogP) is 5.43. The average molecular weight is 394 g/mol. The summed E-state index contributed by atoms with van der Waals surface area (Å²) < 4.78 is 10.8. The van der Waals surface area contributed by atoms with Crippen LogP contribution in [0.1, 0.15) is 61.6 Å². The second kappa shape index (κ2) is 7.32. The lowest BCUT2D eigenvalue weighted by molar-refractivity contribution is -0.0708. The number of hydrogen-bond donors (Lipinski definition) is 1. The van der Waals surface area contributed by atoms with Gasteiger partial charge in [-0.1, -0.05) is 12.1 Å². The lowest BCUT2D eigenvalue weighted by Gasteiger charge is -2.59. The van der Waals surface area contributed by atoms with Crippen molar-refractivity contribution < 1.29 is 13.9 Å². The molecule has 1 heterocycles. The first-order valence-corrected chi connectivity index (χ1v) is 11.1. The maximum Gasteiger partial charge on any atom is 0.337 e. The highest BCUT2D eigenvalue weighted by molar-refractivity contribution is 5.89. The fourth-order valence-electron chi connectivity index (χ4n) is 6.69. The average Bonchev–Trinajstić information content (AvgIpc) is 3.19. The first kappa shape index (κ1) is 18.9. The lowest BCUT2D eigenvalue weighted by Crippen LogP contribution is -2.54. The molecule has 154 valence electrons. The van der Waals surface area contributed by atoms with Gasteiger partial charge in [0.2, 0.25) is 0 Å². The molecule has 6 rings (SSSR count). The number of methoxy groups -OCH3 is 1. The van der Waals surface area contributed by atoms with E-state index in [1.54, 1.807) is 12.1 Å². The summed E-state index contributed by atoms with van der Waals surface area (Å²) in [4.78, 5) is 11.6. The first-order valence-electron chi connectivity index (χ1n) is 11.1. The van der Waals surface area contributed by atoms with Crippen LogP contribution in [0, 0.1) is 23.2 Å². The number of nitrogens with one attached hydrogen (secondary N) is 1. The molecular weight excluding hydrogens is 362 g/mol. The van der Waals surface area contributed by atoms with Crippen LogP contribution in [0.3, 0.4) is 0 Å². The summed E-state index contributed by atoms with van der Waals surface area (Å²) in [6, 6.07) is 12.0. The Bertz CT molecular complexity index is 846. The SMILES string of the molecule is COC(=O)c1ccc(-c2ccc(CN[C@H](C)C34CC5CC(CC(C5)C3)C4)o2)cc1. The third kappa shape index (κ3) is 3.52. The van der Waals surface area contributed by atoms with Gasteiger partial charge in [0.1, 0.15) is 11.5 Å². The number of ether oxygens (including phenoxy) is 1. The van der Waals surface area contributed by atoms with Gasteiger partial charge in [0.15, 0.2) is 0 Å². The van der Waals surface area contributed by atoms with Crippen LogP contribution in [0.5, 0.6) is 0 Å². The fourth-order valence-corrected chi connectivity index (χ4v) is 6.69. The molecule has 4 bridgehead atoms. The number of benzene rings is 1. The summed E-state index contributed by atoms with van der Waals surface area (Å²) in [6.45, 7) is 3.16. The van der Waals surface area contributed by atoms with Crippen molar-refractivity contribution in [2.45, 2.75) is 58.0 Å². The standard InChI is InChI=1S/C25H31NO3/c1-16(25-12-17-9-18(13-25)11-19(10-17)14-25)26-15-22-7-8-23(29-22)20-3-5-21(6-4-20)24(27)28-2/h3-8,16-19,26H,9-15H2,1-2H3/t16-,17?,18?,19?,25?/m1/s1. The van der Waals surface area contributed by atoms with E-state index in [2.05, 4.69) is 18.3 Å². The smallest absolute Gasteiger partial charge is 0.337 e. The number of carbonyl (C=O) groups is 1. The van der Waals surface area contributed by atoms with Gasteiger partial charge < -0.3 is 14.5 Å². The fraction of sp³-hybridized carbons (Fsp3) is 0.560. The van der Waals surface area contributed by atoms with E-state index in [0.29, 0.717) is 17.0 Å². The Labute approximate surface area is 173 Å². The minimum absolute atomic E-state index is 0.320. The van der Waals surface area contributed by atoms with Gasteiger partial charge >= 0.3 is 5.97 Å². The quantitative estimate of drug-likeness (QED) is 0.665. The van der Waals surface area contributed by atoms with Gasteiger partial charge in [0.25, 0.3) is 0 Å². The van der Waals surface area contributed by atoms with E-state index >= 15 is 0 Å². The minimum Gasteiger partial charge on any atom is -0.465 e. The number of carbonyl (C=O) groups excluding carboxylic acids is 1. The highest BCUT2D eigenvalue weighted by atomic mass is 16.5. The van der Waals surface area contributed by atoms with Crippen LogP contribution in [0.2, 0.25) is 0 Å². The van der Waals surface area contributed by atoms with Gasteiger partial charge in [-0.05, 0) is 92.9 Å². The van der Waals surface area contributed by atoms with Gasteiger partial charge in [0, 0.05) is 11.6 Å². The maximum absolute atomic E-state index is 11.6. The third-order valence-corrected chi connectivity index (χ3v) is 7.84. The van der Waals surface area contributed by atoms with Gasteiger partial charge in [-0.2, -0.15) is 0 Å². The second-order valence-corrected chi connectivity index (χ2v) is 9.72.